The van der Waals surface area contributed by atoms with Gasteiger partial charge in [-0.1, -0.05) is 37.3 Å². The molecule has 2 fully saturated rings. The van der Waals surface area contributed by atoms with Gasteiger partial charge in [0.15, 0.2) is 0 Å². The Balaban J connectivity index is 1.25. The molecule has 174 valence electrons. The summed E-state index contributed by atoms with van der Waals surface area (Å²) in [4.78, 5) is 53.8. The molecular weight excluding hydrogens is 432 g/mol. The fourth-order valence-corrected chi connectivity index (χ4v) is 5.09. The highest BCUT2D eigenvalue weighted by molar-refractivity contribution is 6.22. The van der Waals surface area contributed by atoms with Crippen molar-refractivity contribution in [3.05, 3.63) is 66.2 Å². The van der Waals surface area contributed by atoms with Crippen LogP contribution in [0.4, 0.5) is 11.4 Å². The number of allylic oxidation sites excluding steroid dienone is 2. The Morgan fingerprint density at radius 3 is 2.24 bits per heavy atom. The molecule has 0 spiro atoms. The minimum absolute atomic E-state index is 0.0970. The van der Waals surface area contributed by atoms with Gasteiger partial charge in [0, 0.05) is 18.7 Å². The molecular formula is C27H26N2O5. The number of hydrogen-bond donors (Lipinski definition) is 0. The van der Waals surface area contributed by atoms with E-state index < -0.39 is 11.9 Å². The first-order chi connectivity index (χ1) is 16.5. The molecule has 2 saturated heterocycles. The molecule has 1 aliphatic carbocycles. The number of imide groups is 1. The van der Waals surface area contributed by atoms with Crippen molar-refractivity contribution < 1.29 is 23.9 Å². The lowest BCUT2D eigenvalue weighted by Crippen LogP contribution is -2.30. The average Bonchev–Trinajstić information content (AvgIpc) is 3.37. The van der Waals surface area contributed by atoms with Gasteiger partial charge in [-0.25, -0.2) is 0 Å². The first kappa shape index (κ1) is 22.1. The van der Waals surface area contributed by atoms with Crippen molar-refractivity contribution in [2.75, 3.05) is 16.3 Å². The molecule has 0 bridgehead atoms. The molecule has 7 nitrogen and oxygen atoms in total. The van der Waals surface area contributed by atoms with Crippen molar-refractivity contribution in [3.8, 4) is 5.75 Å². The molecule has 2 heterocycles. The van der Waals surface area contributed by atoms with E-state index in [0.717, 1.165) is 17.7 Å². The van der Waals surface area contributed by atoms with Gasteiger partial charge in [-0.3, -0.25) is 24.1 Å². The first-order valence-electron chi connectivity index (χ1n) is 11.7. The van der Waals surface area contributed by atoms with E-state index in [1.165, 1.54) is 4.90 Å². The number of carbonyl (C=O) groups is 4. The number of benzene rings is 2. The van der Waals surface area contributed by atoms with Crippen LogP contribution in [0.3, 0.4) is 0 Å². The van der Waals surface area contributed by atoms with Crippen LogP contribution in [0.5, 0.6) is 5.75 Å². The standard InChI is InChI=1S/C27H26N2O5/c1-2-17-7-3-6-10-23(17)28-16-18(15-24(28)30)27(33)34-20-13-11-19(12-14-20)29-25(31)21-8-4-5-9-22(21)26(29)32/h3-7,10-14,18,21-22H,2,8-9,15-16H2,1H3/t18-,21-,22+/m1/s1. The largest absolute Gasteiger partial charge is 0.426 e. The smallest absolute Gasteiger partial charge is 0.316 e. The molecule has 5 rings (SSSR count). The fraction of sp³-hybridized carbons (Fsp3) is 0.333. The quantitative estimate of drug-likeness (QED) is 0.296. The third-order valence-corrected chi connectivity index (χ3v) is 6.94. The molecule has 2 aromatic carbocycles. The van der Waals surface area contributed by atoms with E-state index >= 15 is 0 Å². The van der Waals surface area contributed by atoms with Crippen LogP contribution >= 0.6 is 0 Å². The minimum atomic E-state index is -0.561. The topological polar surface area (TPSA) is 84.0 Å². The number of ether oxygens (including phenoxy) is 1. The van der Waals surface area contributed by atoms with Crippen molar-refractivity contribution in [1.82, 2.24) is 0 Å². The van der Waals surface area contributed by atoms with Gasteiger partial charge in [-0.2, -0.15) is 0 Å². The van der Waals surface area contributed by atoms with Crippen LogP contribution in [0.1, 0.15) is 31.7 Å². The van der Waals surface area contributed by atoms with Crippen LogP contribution in [0.25, 0.3) is 0 Å². The van der Waals surface area contributed by atoms with Crippen LogP contribution in [-0.4, -0.2) is 30.2 Å². The Kier molecular flexibility index (Phi) is 5.77. The Labute approximate surface area is 198 Å². The summed E-state index contributed by atoms with van der Waals surface area (Å²) >= 11 is 0. The Morgan fingerprint density at radius 2 is 1.59 bits per heavy atom. The molecule has 7 heteroatoms. The SMILES string of the molecule is CCc1ccccc1N1C[C@H](C(=O)Oc2ccc(N3C(=O)[C@H]4CC=CC[C@H]4C3=O)cc2)CC1=O. The summed E-state index contributed by atoms with van der Waals surface area (Å²) in [5.41, 5.74) is 2.37. The van der Waals surface area contributed by atoms with Crippen LogP contribution in [0.15, 0.2) is 60.7 Å². The Bertz CT molecular complexity index is 1160. The van der Waals surface area contributed by atoms with Gasteiger partial charge >= 0.3 is 5.97 Å². The van der Waals surface area contributed by atoms with E-state index in [2.05, 4.69) is 0 Å². The van der Waals surface area contributed by atoms with Crippen molar-refractivity contribution >= 4 is 35.1 Å². The van der Waals surface area contributed by atoms with E-state index in [1.54, 1.807) is 29.2 Å². The van der Waals surface area contributed by atoms with Gasteiger partial charge in [0.1, 0.15) is 5.75 Å². The zero-order valence-electron chi connectivity index (χ0n) is 19.0. The van der Waals surface area contributed by atoms with Gasteiger partial charge in [0.25, 0.3) is 0 Å². The maximum Gasteiger partial charge on any atom is 0.316 e. The third-order valence-electron chi connectivity index (χ3n) is 6.94. The molecule has 0 N–H and O–H groups in total. The van der Waals surface area contributed by atoms with Crippen molar-refractivity contribution in [2.45, 2.75) is 32.6 Å². The zero-order chi connectivity index (χ0) is 23.8. The first-order valence-corrected chi connectivity index (χ1v) is 11.7. The van der Waals surface area contributed by atoms with Gasteiger partial charge in [0.05, 0.1) is 23.4 Å². The number of hydrogen-bond acceptors (Lipinski definition) is 5. The lowest BCUT2D eigenvalue weighted by Gasteiger charge is -2.19. The molecule has 0 unspecified atom stereocenters. The number of para-hydroxylation sites is 1. The number of fused-ring (bicyclic) bond motifs is 1. The van der Waals surface area contributed by atoms with E-state index in [1.807, 2.05) is 43.3 Å². The average molecular weight is 459 g/mol. The maximum absolute atomic E-state index is 12.8. The number of amides is 3. The van der Waals surface area contributed by atoms with Crippen molar-refractivity contribution in [3.63, 3.8) is 0 Å². The fourth-order valence-electron chi connectivity index (χ4n) is 5.09. The van der Waals surface area contributed by atoms with Crippen LogP contribution in [0.2, 0.25) is 0 Å². The minimum Gasteiger partial charge on any atom is -0.426 e. The summed E-state index contributed by atoms with van der Waals surface area (Å²) in [6, 6.07) is 14.1. The second-order valence-electron chi connectivity index (χ2n) is 8.97. The number of carbonyl (C=O) groups excluding carboxylic acids is 4. The van der Waals surface area contributed by atoms with E-state index in [4.69, 9.17) is 4.74 Å². The predicted octanol–water partition coefficient (Wildman–Crippen LogP) is 3.66. The van der Waals surface area contributed by atoms with Crippen LogP contribution in [0, 0.1) is 17.8 Å². The van der Waals surface area contributed by atoms with Gasteiger partial charge < -0.3 is 9.64 Å². The number of nitrogens with zero attached hydrogens (tertiary/aromatic N) is 2. The zero-order valence-corrected chi connectivity index (χ0v) is 19.0. The van der Waals surface area contributed by atoms with Crippen molar-refractivity contribution in [1.29, 1.82) is 0 Å². The molecule has 0 aromatic heterocycles. The van der Waals surface area contributed by atoms with E-state index in [-0.39, 0.29) is 42.5 Å². The van der Waals surface area contributed by atoms with Crippen molar-refractivity contribution in [2.24, 2.45) is 17.8 Å². The molecule has 3 aliphatic rings. The summed E-state index contributed by atoms with van der Waals surface area (Å²) in [5, 5.41) is 0. The molecule has 3 amide bonds. The monoisotopic (exact) mass is 458 g/mol. The third kappa shape index (κ3) is 3.81. The molecule has 0 saturated carbocycles. The number of rotatable bonds is 5. The second-order valence-corrected chi connectivity index (χ2v) is 8.97. The highest BCUT2D eigenvalue weighted by Gasteiger charge is 2.47. The lowest BCUT2D eigenvalue weighted by molar-refractivity contribution is -0.139. The van der Waals surface area contributed by atoms with Gasteiger partial charge in [-0.05, 0) is 55.2 Å². The van der Waals surface area contributed by atoms with Crippen LogP contribution in [-0.2, 0) is 25.6 Å². The van der Waals surface area contributed by atoms with E-state index in [0.29, 0.717) is 24.3 Å². The lowest BCUT2D eigenvalue weighted by atomic mass is 9.85. The van der Waals surface area contributed by atoms with Crippen LogP contribution < -0.4 is 14.5 Å². The molecule has 2 aromatic rings. The van der Waals surface area contributed by atoms with Gasteiger partial charge in [-0.15, -0.1) is 0 Å². The second kappa shape index (κ2) is 8.89. The normalized spacial score (nSPS) is 24.0. The highest BCUT2D eigenvalue weighted by atomic mass is 16.5. The number of esters is 1. The summed E-state index contributed by atoms with van der Waals surface area (Å²) in [6.45, 7) is 2.31. The summed E-state index contributed by atoms with van der Waals surface area (Å²) in [5.74, 6) is -1.77. The Hall–Kier alpha value is -3.74. The maximum atomic E-state index is 12.8. The highest BCUT2D eigenvalue weighted by Crippen LogP contribution is 2.38. The summed E-state index contributed by atoms with van der Waals surface area (Å²) in [7, 11) is 0. The molecule has 3 atom stereocenters. The predicted molar refractivity (Wildman–Crippen MR) is 126 cm³/mol. The summed E-state index contributed by atoms with van der Waals surface area (Å²) in [6.07, 6.45) is 5.97. The summed E-state index contributed by atoms with van der Waals surface area (Å²) < 4.78 is 5.54. The van der Waals surface area contributed by atoms with Gasteiger partial charge in [0.2, 0.25) is 17.7 Å². The molecule has 34 heavy (non-hydrogen) atoms. The number of anilines is 2. The Morgan fingerprint density at radius 1 is 0.941 bits per heavy atom. The number of aryl methyl sites for hydroxylation is 1. The molecule has 2 aliphatic heterocycles. The molecule has 0 radical (unpaired) electrons. The van der Waals surface area contributed by atoms with E-state index in [9.17, 15) is 19.2 Å².